The van der Waals surface area contributed by atoms with Crippen molar-refractivity contribution in [1.29, 1.82) is 0 Å². The molecule has 1 aromatic rings. The number of alkyl halides is 2. The van der Waals surface area contributed by atoms with E-state index < -0.39 is 12.2 Å². The predicted molar refractivity (Wildman–Crippen MR) is 100 cm³/mol. The maximum Gasteiger partial charge on any atom is 0.410 e. The number of para-hydroxylation sites is 1. The molecular formula is C20H28F2N2O4. The lowest BCUT2D eigenvalue weighted by Crippen LogP contribution is -2.42. The first-order chi connectivity index (χ1) is 13.1. The molecule has 0 atom stereocenters. The van der Waals surface area contributed by atoms with Gasteiger partial charge >= 0.3 is 12.7 Å². The van der Waals surface area contributed by atoms with Crippen LogP contribution >= 0.6 is 0 Å². The molecule has 0 spiro atoms. The molecule has 28 heavy (non-hydrogen) atoms. The Bertz CT molecular complexity index is 668. The van der Waals surface area contributed by atoms with Crippen LogP contribution in [0.25, 0.3) is 0 Å². The number of carbonyl (C=O) groups excluding carboxylic acids is 2. The molecule has 2 amide bonds. The van der Waals surface area contributed by atoms with Crippen LogP contribution in [0.5, 0.6) is 5.75 Å². The fourth-order valence-electron chi connectivity index (χ4n) is 3.04. The summed E-state index contributed by atoms with van der Waals surface area (Å²) in [4.78, 5) is 25.9. The molecule has 0 aliphatic carbocycles. The number of ether oxygens (including phenoxy) is 2. The molecule has 8 heteroatoms. The van der Waals surface area contributed by atoms with Crippen LogP contribution in [0.4, 0.5) is 13.6 Å². The highest BCUT2D eigenvalue weighted by atomic mass is 19.3. The molecule has 1 heterocycles. The predicted octanol–water partition coefficient (Wildman–Crippen LogP) is 3.94. The third-order valence-corrected chi connectivity index (χ3v) is 4.40. The van der Waals surface area contributed by atoms with E-state index in [-0.39, 0.29) is 30.2 Å². The van der Waals surface area contributed by atoms with Gasteiger partial charge in [-0.2, -0.15) is 8.78 Å². The van der Waals surface area contributed by atoms with E-state index in [1.54, 1.807) is 23.1 Å². The van der Waals surface area contributed by atoms with E-state index in [1.807, 2.05) is 20.8 Å². The topological polar surface area (TPSA) is 67.9 Å². The van der Waals surface area contributed by atoms with Gasteiger partial charge in [0.2, 0.25) is 5.91 Å². The second-order valence-electron chi connectivity index (χ2n) is 7.88. The molecule has 2 rings (SSSR count). The van der Waals surface area contributed by atoms with Gasteiger partial charge in [-0.05, 0) is 45.6 Å². The highest BCUT2D eigenvalue weighted by Gasteiger charge is 2.27. The van der Waals surface area contributed by atoms with Crippen molar-refractivity contribution in [3.8, 4) is 5.75 Å². The summed E-state index contributed by atoms with van der Waals surface area (Å²) in [5, 5.41) is 2.76. The Balaban J connectivity index is 1.76. The van der Waals surface area contributed by atoms with Crippen molar-refractivity contribution >= 4 is 12.0 Å². The molecule has 0 unspecified atom stereocenters. The molecule has 6 nitrogen and oxygen atoms in total. The van der Waals surface area contributed by atoms with E-state index in [1.165, 1.54) is 6.07 Å². The molecule has 0 radical (unpaired) electrons. The van der Waals surface area contributed by atoms with Gasteiger partial charge in [0.15, 0.2) is 0 Å². The summed E-state index contributed by atoms with van der Waals surface area (Å²) < 4.78 is 34.7. The molecule has 1 aromatic carbocycles. The molecule has 1 saturated heterocycles. The van der Waals surface area contributed by atoms with E-state index in [2.05, 4.69) is 10.1 Å². The highest BCUT2D eigenvalue weighted by Crippen LogP contribution is 2.23. The van der Waals surface area contributed by atoms with Crippen molar-refractivity contribution in [2.75, 3.05) is 13.1 Å². The van der Waals surface area contributed by atoms with Gasteiger partial charge in [0, 0.05) is 31.6 Å². The highest BCUT2D eigenvalue weighted by molar-refractivity contribution is 5.76. The quantitative estimate of drug-likeness (QED) is 0.788. The van der Waals surface area contributed by atoms with Gasteiger partial charge in [0.05, 0.1) is 0 Å². The minimum atomic E-state index is -2.91. The Labute approximate surface area is 164 Å². The first kappa shape index (κ1) is 21.9. The average Bonchev–Trinajstić information content (AvgIpc) is 2.59. The van der Waals surface area contributed by atoms with Gasteiger partial charge in [0.1, 0.15) is 11.4 Å². The number of likely N-dealkylation sites (tertiary alicyclic amines) is 1. The summed E-state index contributed by atoms with van der Waals surface area (Å²) in [5.41, 5.74) is -0.0334. The van der Waals surface area contributed by atoms with E-state index in [0.717, 1.165) is 12.8 Å². The number of rotatable bonds is 6. The zero-order chi connectivity index (χ0) is 20.7. The average molecular weight is 398 g/mol. The molecule has 1 fully saturated rings. The van der Waals surface area contributed by atoms with Gasteiger partial charge in [-0.3, -0.25) is 4.79 Å². The molecule has 0 saturated carbocycles. The minimum absolute atomic E-state index is 0.0588. The Morgan fingerprint density at radius 2 is 1.86 bits per heavy atom. The van der Waals surface area contributed by atoms with E-state index in [0.29, 0.717) is 25.1 Å². The number of benzene rings is 1. The maximum absolute atomic E-state index is 12.4. The van der Waals surface area contributed by atoms with E-state index in [9.17, 15) is 18.4 Å². The van der Waals surface area contributed by atoms with Crippen molar-refractivity contribution < 1.29 is 27.8 Å². The lowest BCUT2D eigenvalue weighted by molar-refractivity contribution is -0.122. The first-order valence-electron chi connectivity index (χ1n) is 9.41. The van der Waals surface area contributed by atoms with Crippen molar-refractivity contribution in [2.24, 2.45) is 5.92 Å². The fraction of sp³-hybridized carbons (Fsp3) is 0.600. The van der Waals surface area contributed by atoms with Crippen LogP contribution < -0.4 is 10.1 Å². The number of nitrogens with zero attached hydrogens (tertiary/aromatic N) is 1. The number of amides is 2. The summed E-state index contributed by atoms with van der Waals surface area (Å²) in [6.45, 7) is 3.80. The van der Waals surface area contributed by atoms with Crippen molar-refractivity contribution in [3.63, 3.8) is 0 Å². The number of nitrogens with one attached hydrogen (secondary N) is 1. The Hall–Kier alpha value is -2.38. The Kier molecular flexibility index (Phi) is 7.60. The maximum atomic E-state index is 12.4. The van der Waals surface area contributed by atoms with Crippen molar-refractivity contribution in [2.45, 2.75) is 58.8 Å². The SMILES string of the molecule is CC(C)(C)OC(=O)N1CCC(CC(=O)NCc2ccccc2OC(F)F)CC1. The second-order valence-corrected chi connectivity index (χ2v) is 7.88. The van der Waals surface area contributed by atoms with Crippen LogP contribution in [0.3, 0.4) is 0 Å². The number of piperidine rings is 1. The second kappa shape index (κ2) is 9.71. The van der Waals surface area contributed by atoms with Crippen LogP contribution in [0.15, 0.2) is 24.3 Å². The standard InChI is InChI=1S/C20H28F2N2O4/c1-20(2,3)28-19(26)24-10-8-14(9-11-24)12-17(25)23-13-15-6-4-5-7-16(15)27-18(21)22/h4-7,14,18H,8-13H2,1-3H3,(H,23,25). The van der Waals surface area contributed by atoms with Gasteiger partial charge in [-0.25, -0.2) is 4.79 Å². The molecule has 156 valence electrons. The number of hydrogen-bond donors (Lipinski definition) is 1. The van der Waals surface area contributed by atoms with Crippen LogP contribution in [-0.2, 0) is 16.1 Å². The Morgan fingerprint density at radius 3 is 2.46 bits per heavy atom. The lowest BCUT2D eigenvalue weighted by atomic mass is 9.93. The third-order valence-electron chi connectivity index (χ3n) is 4.40. The zero-order valence-electron chi connectivity index (χ0n) is 16.5. The Morgan fingerprint density at radius 1 is 1.21 bits per heavy atom. The number of carbonyl (C=O) groups is 2. The lowest BCUT2D eigenvalue weighted by Gasteiger charge is -2.33. The van der Waals surface area contributed by atoms with Crippen molar-refractivity contribution in [1.82, 2.24) is 10.2 Å². The summed E-state index contributed by atoms with van der Waals surface area (Å²) in [6, 6.07) is 6.38. The smallest absolute Gasteiger partial charge is 0.410 e. The van der Waals surface area contributed by atoms with Crippen LogP contribution in [0.1, 0.15) is 45.6 Å². The molecule has 0 bridgehead atoms. The normalized spacial score (nSPS) is 15.4. The molecule has 1 aliphatic heterocycles. The molecule has 1 aliphatic rings. The van der Waals surface area contributed by atoms with Crippen LogP contribution in [-0.4, -0.2) is 42.2 Å². The van der Waals surface area contributed by atoms with Crippen LogP contribution in [0, 0.1) is 5.92 Å². The third kappa shape index (κ3) is 7.32. The molecule has 1 N–H and O–H groups in total. The summed E-state index contributed by atoms with van der Waals surface area (Å²) >= 11 is 0. The van der Waals surface area contributed by atoms with Gasteiger partial charge in [-0.15, -0.1) is 0 Å². The van der Waals surface area contributed by atoms with Gasteiger partial charge in [0.25, 0.3) is 0 Å². The molecule has 0 aromatic heterocycles. The van der Waals surface area contributed by atoms with Gasteiger partial charge < -0.3 is 19.7 Å². The summed E-state index contributed by atoms with van der Waals surface area (Å²) in [7, 11) is 0. The largest absolute Gasteiger partial charge is 0.444 e. The fourth-order valence-corrected chi connectivity index (χ4v) is 3.04. The van der Waals surface area contributed by atoms with E-state index >= 15 is 0 Å². The zero-order valence-corrected chi connectivity index (χ0v) is 16.5. The minimum Gasteiger partial charge on any atom is -0.444 e. The monoisotopic (exact) mass is 398 g/mol. The number of halogens is 2. The summed E-state index contributed by atoms with van der Waals surface area (Å²) in [5.74, 6) is 0.0808. The first-order valence-corrected chi connectivity index (χ1v) is 9.41. The molecular weight excluding hydrogens is 370 g/mol. The van der Waals surface area contributed by atoms with Gasteiger partial charge in [-0.1, -0.05) is 18.2 Å². The number of hydrogen-bond acceptors (Lipinski definition) is 4. The van der Waals surface area contributed by atoms with Crippen LogP contribution in [0.2, 0.25) is 0 Å². The van der Waals surface area contributed by atoms with Crippen molar-refractivity contribution in [3.05, 3.63) is 29.8 Å². The van der Waals surface area contributed by atoms with E-state index in [4.69, 9.17) is 4.74 Å². The summed E-state index contributed by atoms with van der Waals surface area (Å²) in [6.07, 6.45) is 1.45.